The van der Waals surface area contributed by atoms with Crippen LogP contribution >= 0.6 is 11.3 Å². The molecule has 142 valence electrons. The molecule has 0 N–H and O–H groups in total. The Morgan fingerprint density at radius 3 is 2.81 bits per heavy atom. The number of ether oxygens (including phenoxy) is 1. The molecular weight excluding hydrogens is 370 g/mol. The highest BCUT2D eigenvalue weighted by molar-refractivity contribution is 7.20. The number of rotatable bonds is 3. The first-order valence-corrected chi connectivity index (χ1v) is 10.2. The molecule has 27 heavy (non-hydrogen) atoms. The van der Waals surface area contributed by atoms with Crippen molar-refractivity contribution in [3.63, 3.8) is 0 Å². The molecule has 0 amide bonds. The van der Waals surface area contributed by atoms with Crippen molar-refractivity contribution < 1.29 is 13.5 Å². The normalized spacial score (nSPS) is 21.4. The first-order valence-electron chi connectivity index (χ1n) is 9.35. The summed E-state index contributed by atoms with van der Waals surface area (Å²) in [5.41, 5.74) is 1.52. The number of halogens is 2. The van der Waals surface area contributed by atoms with Gasteiger partial charge < -0.3 is 9.64 Å². The molecule has 2 aromatic heterocycles. The summed E-state index contributed by atoms with van der Waals surface area (Å²) in [5.74, 6) is -0.586. The average Bonchev–Trinajstić information content (AvgIpc) is 3.37. The third kappa shape index (κ3) is 3.21. The standard InChI is InChI=1S/C19H20F2N4OS/c20-13-5-6-14(15(21)9-13)17-11-24(7-8-26-17)19-23-25-10-16(22-18(25)27-19)12-3-1-2-4-12/h5-6,9-10,12,17H,1-4,7-8,11H2. The second-order valence-corrected chi connectivity index (χ2v) is 8.16. The van der Waals surface area contributed by atoms with Gasteiger partial charge in [-0.15, -0.1) is 5.10 Å². The first-order chi connectivity index (χ1) is 13.2. The van der Waals surface area contributed by atoms with E-state index in [1.165, 1.54) is 37.8 Å². The van der Waals surface area contributed by atoms with Crippen LogP contribution in [0.25, 0.3) is 4.96 Å². The lowest BCUT2D eigenvalue weighted by Crippen LogP contribution is -2.38. The van der Waals surface area contributed by atoms with Gasteiger partial charge in [0.1, 0.15) is 17.7 Å². The van der Waals surface area contributed by atoms with Gasteiger partial charge in [-0.1, -0.05) is 30.2 Å². The maximum atomic E-state index is 14.1. The number of hydrogen-bond acceptors (Lipinski definition) is 5. The minimum atomic E-state index is -0.580. The first kappa shape index (κ1) is 17.1. The average molecular weight is 390 g/mol. The van der Waals surface area contributed by atoms with Crippen LogP contribution in [0.5, 0.6) is 0 Å². The fourth-order valence-corrected chi connectivity index (χ4v) is 4.95. The van der Waals surface area contributed by atoms with Crippen molar-refractivity contribution in [1.29, 1.82) is 0 Å². The van der Waals surface area contributed by atoms with Crippen LogP contribution in [0.1, 0.15) is 49.0 Å². The third-order valence-corrected chi connectivity index (χ3v) is 6.45. The van der Waals surface area contributed by atoms with E-state index in [1.54, 1.807) is 11.3 Å². The monoisotopic (exact) mass is 390 g/mol. The lowest BCUT2D eigenvalue weighted by atomic mass is 10.1. The molecule has 0 spiro atoms. The van der Waals surface area contributed by atoms with E-state index in [0.717, 1.165) is 21.9 Å². The van der Waals surface area contributed by atoms with Gasteiger partial charge in [0.05, 0.1) is 25.0 Å². The van der Waals surface area contributed by atoms with Crippen LogP contribution in [0.15, 0.2) is 24.4 Å². The lowest BCUT2D eigenvalue weighted by Gasteiger charge is -2.32. The van der Waals surface area contributed by atoms with Crippen molar-refractivity contribution in [2.45, 2.75) is 37.7 Å². The molecule has 2 fully saturated rings. The van der Waals surface area contributed by atoms with Crippen molar-refractivity contribution in [1.82, 2.24) is 14.6 Å². The van der Waals surface area contributed by atoms with Gasteiger partial charge in [0.25, 0.3) is 0 Å². The molecule has 1 atom stereocenters. The van der Waals surface area contributed by atoms with Crippen LogP contribution in [-0.4, -0.2) is 34.3 Å². The van der Waals surface area contributed by atoms with E-state index in [2.05, 4.69) is 10.00 Å². The Hall–Kier alpha value is -2.06. The Labute approximate surface area is 159 Å². The highest BCUT2D eigenvalue weighted by atomic mass is 32.1. The third-order valence-electron chi connectivity index (χ3n) is 5.47. The summed E-state index contributed by atoms with van der Waals surface area (Å²) in [5, 5.41) is 5.54. The molecule has 0 bridgehead atoms. The van der Waals surface area contributed by atoms with Gasteiger partial charge in [-0.05, 0) is 18.9 Å². The molecule has 5 rings (SSSR count). The van der Waals surface area contributed by atoms with Gasteiger partial charge in [0.2, 0.25) is 10.1 Å². The predicted octanol–water partition coefficient (Wildman–Crippen LogP) is 4.30. The second kappa shape index (κ2) is 6.83. The largest absolute Gasteiger partial charge is 0.370 e. The fourth-order valence-electron chi connectivity index (χ4n) is 4.03. The molecule has 8 heteroatoms. The van der Waals surface area contributed by atoms with Crippen molar-refractivity contribution in [2.75, 3.05) is 24.6 Å². The summed E-state index contributed by atoms with van der Waals surface area (Å²) in [7, 11) is 0. The zero-order valence-corrected chi connectivity index (χ0v) is 15.6. The van der Waals surface area contributed by atoms with Gasteiger partial charge >= 0.3 is 0 Å². The van der Waals surface area contributed by atoms with Gasteiger partial charge in [-0.2, -0.15) is 0 Å². The van der Waals surface area contributed by atoms with Gasteiger partial charge in [-0.25, -0.2) is 18.3 Å². The highest BCUT2D eigenvalue weighted by Crippen LogP contribution is 2.35. The Kier molecular flexibility index (Phi) is 4.32. The van der Waals surface area contributed by atoms with Crippen molar-refractivity contribution in [2.24, 2.45) is 0 Å². The van der Waals surface area contributed by atoms with E-state index in [0.29, 0.717) is 31.2 Å². The Balaban J connectivity index is 1.36. The van der Waals surface area contributed by atoms with Crippen LogP contribution in [0.2, 0.25) is 0 Å². The second-order valence-electron chi connectivity index (χ2n) is 7.23. The molecule has 5 nitrogen and oxygen atoms in total. The predicted molar refractivity (Wildman–Crippen MR) is 99.3 cm³/mol. The number of hydrogen-bond donors (Lipinski definition) is 0. The topological polar surface area (TPSA) is 42.7 Å². The molecule has 3 heterocycles. The van der Waals surface area contributed by atoms with Crippen LogP contribution in [0.4, 0.5) is 13.9 Å². The molecule has 2 aliphatic rings. The summed E-state index contributed by atoms with van der Waals surface area (Å²) < 4.78 is 34.9. The van der Waals surface area contributed by atoms with Gasteiger partial charge in [0, 0.05) is 24.1 Å². The van der Waals surface area contributed by atoms with Crippen LogP contribution in [0.3, 0.4) is 0 Å². The Morgan fingerprint density at radius 1 is 1.19 bits per heavy atom. The van der Waals surface area contributed by atoms with E-state index >= 15 is 0 Å². The van der Waals surface area contributed by atoms with Gasteiger partial charge in [-0.3, -0.25) is 0 Å². The van der Waals surface area contributed by atoms with Crippen LogP contribution < -0.4 is 4.90 Å². The highest BCUT2D eigenvalue weighted by Gasteiger charge is 2.27. The molecule has 1 aromatic carbocycles. The van der Waals surface area contributed by atoms with Crippen molar-refractivity contribution in [3.8, 4) is 0 Å². The SMILES string of the molecule is Fc1ccc(C2CN(c3nn4cc(C5CCCC5)nc4s3)CCO2)c(F)c1. The fraction of sp³-hybridized carbons (Fsp3) is 0.474. The number of benzene rings is 1. The Bertz CT molecular complexity index is 934. The minimum Gasteiger partial charge on any atom is -0.370 e. The minimum absolute atomic E-state index is 0.381. The molecule has 3 aromatic rings. The molecule has 1 aliphatic heterocycles. The van der Waals surface area contributed by atoms with E-state index < -0.39 is 17.7 Å². The summed E-state index contributed by atoms with van der Waals surface area (Å²) in [6, 6.07) is 3.63. The zero-order chi connectivity index (χ0) is 18.4. The molecule has 1 saturated carbocycles. The molecule has 0 radical (unpaired) electrons. The maximum absolute atomic E-state index is 14.1. The van der Waals surface area contributed by atoms with E-state index in [9.17, 15) is 8.78 Å². The number of morpholine rings is 1. The summed E-state index contributed by atoms with van der Waals surface area (Å²) in [6.07, 6.45) is 6.60. The van der Waals surface area contributed by atoms with Gasteiger partial charge in [0.15, 0.2) is 0 Å². The van der Waals surface area contributed by atoms with Crippen LogP contribution in [-0.2, 0) is 4.74 Å². The summed E-state index contributed by atoms with van der Waals surface area (Å²) >= 11 is 1.54. The van der Waals surface area contributed by atoms with Crippen molar-refractivity contribution >= 4 is 21.4 Å². The van der Waals surface area contributed by atoms with Crippen LogP contribution in [0, 0.1) is 11.6 Å². The van der Waals surface area contributed by atoms with E-state index in [4.69, 9.17) is 9.72 Å². The number of imidazole rings is 1. The van der Waals surface area contributed by atoms with E-state index in [-0.39, 0.29) is 0 Å². The lowest BCUT2D eigenvalue weighted by molar-refractivity contribution is 0.0374. The Morgan fingerprint density at radius 2 is 2.04 bits per heavy atom. The molecule has 1 aliphatic carbocycles. The molecular formula is C19H20F2N4OS. The smallest absolute Gasteiger partial charge is 0.214 e. The summed E-state index contributed by atoms with van der Waals surface area (Å²) in [6.45, 7) is 1.64. The molecule has 1 unspecified atom stereocenters. The number of fused-ring (bicyclic) bond motifs is 1. The zero-order valence-electron chi connectivity index (χ0n) is 14.8. The quantitative estimate of drug-likeness (QED) is 0.669. The van der Waals surface area contributed by atoms with Crippen molar-refractivity contribution in [3.05, 3.63) is 47.3 Å². The summed E-state index contributed by atoms with van der Waals surface area (Å²) in [4.78, 5) is 7.75. The number of aromatic nitrogens is 3. The number of nitrogens with zero attached hydrogens (tertiary/aromatic N) is 4. The number of anilines is 1. The van der Waals surface area contributed by atoms with E-state index in [1.807, 2.05) is 10.7 Å². The molecule has 1 saturated heterocycles. The maximum Gasteiger partial charge on any atom is 0.214 e.